The van der Waals surface area contributed by atoms with E-state index in [0.717, 1.165) is 18.4 Å². The van der Waals surface area contributed by atoms with Crippen LogP contribution < -0.4 is 0 Å². The minimum atomic E-state index is -3.39. The molecule has 8 heteroatoms. The Balaban J connectivity index is 2.02. The van der Waals surface area contributed by atoms with E-state index in [0.29, 0.717) is 6.07 Å². The molecular weight excluding hydrogens is 342 g/mol. The number of halogens is 2. The number of Topliss-reactive ketones (excluding diaryl/α,β-unsaturated/α-hetero) is 1. The minimum Gasteiger partial charge on any atom is -0.454 e. The van der Waals surface area contributed by atoms with Crippen molar-refractivity contribution in [3.05, 3.63) is 65.2 Å². The molecule has 2 rings (SSSR count). The molecule has 0 aromatic heterocycles. The summed E-state index contributed by atoms with van der Waals surface area (Å²) in [5.74, 6) is -3.81. The number of ketones is 1. The molecule has 0 atom stereocenters. The molecule has 0 spiro atoms. The van der Waals surface area contributed by atoms with Crippen LogP contribution in [0.3, 0.4) is 0 Å². The molecular formula is C16H12F2O5S. The second-order valence-corrected chi connectivity index (χ2v) is 6.94. The predicted molar refractivity (Wildman–Crippen MR) is 80.5 cm³/mol. The van der Waals surface area contributed by atoms with Crippen LogP contribution in [0.4, 0.5) is 8.78 Å². The summed E-state index contributed by atoms with van der Waals surface area (Å²) in [5, 5.41) is 0. The zero-order valence-electron chi connectivity index (χ0n) is 12.5. The lowest BCUT2D eigenvalue weighted by Crippen LogP contribution is -2.14. The number of carbonyl (C=O) groups is 2. The van der Waals surface area contributed by atoms with Gasteiger partial charge in [0.05, 0.1) is 10.5 Å². The van der Waals surface area contributed by atoms with Crippen LogP contribution in [0, 0.1) is 11.6 Å². The van der Waals surface area contributed by atoms with Gasteiger partial charge in [0.2, 0.25) is 0 Å². The Bertz CT molecular complexity index is 889. The highest BCUT2D eigenvalue weighted by Crippen LogP contribution is 2.12. The van der Waals surface area contributed by atoms with Crippen LogP contribution in [0.5, 0.6) is 0 Å². The zero-order chi connectivity index (χ0) is 17.9. The molecule has 0 amide bonds. The normalized spacial score (nSPS) is 11.1. The van der Waals surface area contributed by atoms with Gasteiger partial charge in [-0.05, 0) is 42.5 Å². The highest BCUT2D eigenvalue weighted by Gasteiger charge is 2.15. The molecule has 0 N–H and O–H groups in total. The molecule has 0 bridgehead atoms. The van der Waals surface area contributed by atoms with Gasteiger partial charge in [-0.15, -0.1) is 0 Å². The summed E-state index contributed by atoms with van der Waals surface area (Å²) in [5.41, 5.74) is -0.0744. The van der Waals surface area contributed by atoms with Crippen LogP contribution in [-0.4, -0.2) is 33.0 Å². The summed E-state index contributed by atoms with van der Waals surface area (Å²) in [4.78, 5) is 23.6. The van der Waals surface area contributed by atoms with Crippen molar-refractivity contribution in [2.75, 3.05) is 12.9 Å². The highest BCUT2D eigenvalue weighted by molar-refractivity contribution is 7.90. The molecule has 2 aromatic rings. The number of ether oxygens (including phenoxy) is 1. The molecule has 0 radical (unpaired) electrons. The third-order valence-electron chi connectivity index (χ3n) is 3.09. The summed E-state index contributed by atoms with van der Waals surface area (Å²) in [6.45, 7) is -0.655. The molecule has 0 saturated carbocycles. The molecule has 0 aliphatic heterocycles. The number of esters is 1. The first-order chi connectivity index (χ1) is 11.2. The van der Waals surface area contributed by atoms with E-state index in [1.165, 1.54) is 24.3 Å². The number of rotatable bonds is 5. The first-order valence-electron chi connectivity index (χ1n) is 6.64. The molecule has 0 unspecified atom stereocenters. The number of hydrogen-bond acceptors (Lipinski definition) is 5. The van der Waals surface area contributed by atoms with Gasteiger partial charge >= 0.3 is 5.97 Å². The van der Waals surface area contributed by atoms with Gasteiger partial charge < -0.3 is 4.74 Å². The van der Waals surface area contributed by atoms with Crippen molar-refractivity contribution in [1.82, 2.24) is 0 Å². The maximum absolute atomic E-state index is 13.1. The third kappa shape index (κ3) is 4.23. The topological polar surface area (TPSA) is 77.5 Å². The lowest BCUT2D eigenvalue weighted by atomic mass is 10.1. The van der Waals surface area contributed by atoms with E-state index in [1.54, 1.807) is 0 Å². The number of hydrogen-bond donors (Lipinski definition) is 0. The highest BCUT2D eigenvalue weighted by atomic mass is 32.2. The number of benzene rings is 2. The van der Waals surface area contributed by atoms with Gasteiger partial charge in [0.15, 0.2) is 33.9 Å². The largest absolute Gasteiger partial charge is 0.454 e. The van der Waals surface area contributed by atoms with Gasteiger partial charge in [-0.3, -0.25) is 4.79 Å². The van der Waals surface area contributed by atoms with Crippen molar-refractivity contribution in [3.8, 4) is 0 Å². The van der Waals surface area contributed by atoms with E-state index >= 15 is 0 Å². The van der Waals surface area contributed by atoms with Crippen LogP contribution in [0.1, 0.15) is 20.7 Å². The van der Waals surface area contributed by atoms with Crippen molar-refractivity contribution >= 4 is 21.6 Å². The van der Waals surface area contributed by atoms with Crippen LogP contribution in [0.25, 0.3) is 0 Å². The van der Waals surface area contributed by atoms with Crippen molar-refractivity contribution in [2.45, 2.75) is 4.90 Å². The van der Waals surface area contributed by atoms with E-state index in [1.807, 2.05) is 0 Å². The molecule has 0 aliphatic rings. The van der Waals surface area contributed by atoms with E-state index in [9.17, 15) is 26.8 Å². The minimum absolute atomic E-state index is 0.0388. The third-order valence-corrected chi connectivity index (χ3v) is 4.22. The Labute approximate surface area is 136 Å². The predicted octanol–water partition coefficient (Wildman–Crippen LogP) is 2.41. The Morgan fingerprint density at radius 3 is 2.08 bits per heavy atom. The van der Waals surface area contributed by atoms with E-state index < -0.39 is 39.8 Å². The van der Waals surface area contributed by atoms with Crippen molar-refractivity contribution in [2.24, 2.45) is 0 Å². The smallest absolute Gasteiger partial charge is 0.338 e. The van der Waals surface area contributed by atoms with E-state index in [2.05, 4.69) is 0 Å². The standard InChI is InChI=1S/C16H12F2O5S/c1-24(21,22)12-5-2-10(3-6-12)16(20)23-9-15(19)11-4-7-13(17)14(18)8-11/h2-8H,9H2,1H3. The molecule has 0 fully saturated rings. The molecule has 5 nitrogen and oxygen atoms in total. The van der Waals surface area contributed by atoms with Crippen molar-refractivity contribution < 1.29 is 31.5 Å². The first kappa shape index (κ1) is 17.7. The van der Waals surface area contributed by atoms with Gasteiger partial charge in [-0.1, -0.05) is 0 Å². The average Bonchev–Trinajstić information content (AvgIpc) is 2.54. The fourth-order valence-corrected chi connectivity index (χ4v) is 2.44. The lowest BCUT2D eigenvalue weighted by molar-refractivity contribution is 0.0474. The second-order valence-electron chi connectivity index (χ2n) is 4.92. The van der Waals surface area contributed by atoms with Gasteiger partial charge in [-0.25, -0.2) is 22.0 Å². The number of sulfone groups is 1. The van der Waals surface area contributed by atoms with Gasteiger partial charge in [0.25, 0.3) is 0 Å². The molecule has 0 heterocycles. The van der Waals surface area contributed by atoms with E-state index in [4.69, 9.17) is 4.74 Å². The molecule has 0 aliphatic carbocycles. The Morgan fingerprint density at radius 2 is 1.54 bits per heavy atom. The van der Waals surface area contributed by atoms with Gasteiger partial charge in [0, 0.05) is 11.8 Å². The van der Waals surface area contributed by atoms with Gasteiger partial charge in [-0.2, -0.15) is 0 Å². The van der Waals surface area contributed by atoms with Crippen molar-refractivity contribution in [1.29, 1.82) is 0 Å². The summed E-state index contributed by atoms with van der Waals surface area (Å²) < 4.78 is 53.3. The SMILES string of the molecule is CS(=O)(=O)c1ccc(C(=O)OCC(=O)c2ccc(F)c(F)c2)cc1. The summed E-state index contributed by atoms with van der Waals surface area (Å²) in [7, 11) is -3.39. The fourth-order valence-electron chi connectivity index (χ4n) is 1.81. The van der Waals surface area contributed by atoms with Crippen molar-refractivity contribution in [3.63, 3.8) is 0 Å². The van der Waals surface area contributed by atoms with Crippen LogP contribution >= 0.6 is 0 Å². The summed E-state index contributed by atoms with van der Waals surface area (Å²) >= 11 is 0. The quantitative estimate of drug-likeness (QED) is 0.609. The van der Waals surface area contributed by atoms with Crippen LogP contribution in [0.15, 0.2) is 47.4 Å². The van der Waals surface area contributed by atoms with E-state index in [-0.39, 0.29) is 16.0 Å². The number of carbonyl (C=O) groups excluding carboxylic acids is 2. The summed E-state index contributed by atoms with van der Waals surface area (Å²) in [6, 6.07) is 7.57. The molecule has 2 aromatic carbocycles. The maximum atomic E-state index is 13.1. The molecule has 24 heavy (non-hydrogen) atoms. The van der Waals surface area contributed by atoms with Crippen LogP contribution in [0.2, 0.25) is 0 Å². The second kappa shape index (κ2) is 6.88. The maximum Gasteiger partial charge on any atom is 0.338 e. The average molecular weight is 354 g/mol. The zero-order valence-corrected chi connectivity index (χ0v) is 13.3. The fraction of sp³-hybridized carbons (Fsp3) is 0.125. The monoisotopic (exact) mass is 354 g/mol. The molecule has 0 saturated heterocycles. The Kier molecular flexibility index (Phi) is 5.08. The lowest BCUT2D eigenvalue weighted by Gasteiger charge is -2.05. The van der Waals surface area contributed by atoms with Crippen LogP contribution in [-0.2, 0) is 14.6 Å². The molecule has 126 valence electrons. The summed E-state index contributed by atoms with van der Waals surface area (Å²) in [6.07, 6.45) is 1.03. The Hall–Kier alpha value is -2.61. The van der Waals surface area contributed by atoms with Gasteiger partial charge in [0.1, 0.15) is 0 Å². The Morgan fingerprint density at radius 1 is 0.958 bits per heavy atom. The first-order valence-corrected chi connectivity index (χ1v) is 8.53.